The second-order valence-corrected chi connectivity index (χ2v) is 4.26. The van der Waals surface area contributed by atoms with Gasteiger partial charge in [0.1, 0.15) is 5.54 Å². The summed E-state index contributed by atoms with van der Waals surface area (Å²) < 4.78 is 0. The van der Waals surface area contributed by atoms with Gasteiger partial charge in [0.15, 0.2) is 0 Å². The van der Waals surface area contributed by atoms with Crippen LogP contribution in [0.4, 0.5) is 0 Å². The SMILES string of the molecule is CC(=CCN=C(C)N)CC[C@](C)(N)C(=O)O. The Balaban J connectivity index is 4.12. The van der Waals surface area contributed by atoms with Crippen molar-refractivity contribution in [3.05, 3.63) is 11.6 Å². The first kappa shape index (κ1) is 14.6. The summed E-state index contributed by atoms with van der Waals surface area (Å²) in [6, 6.07) is 0. The summed E-state index contributed by atoms with van der Waals surface area (Å²) in [6.45, 7) is 5.71. The predicted octanol–water partition coefficient (Wildman–Crippen LogP) is 0.892. The molecular formula is C11H21N3O2. The lowest BCUT2D eigenvalue weighted by atomic mass is 9.95. The van der Waals surface area contributed by atoms with Gasteiger partial charge in [0, 0.05) is 0 Å². The van der Waals surface area contributed by atoms with Crippen LogP contribution in [0.25, 0.3) is 0 Å². The van der Waals surface area contributed by atoms with E-state index in [0.717, 1.165) is 5.57 Å². The summed E-state index contributed by atoms with van der Waals surface area (Å²) >= 11 is 0. The molecule has 0 aromatic carbocycles. The average molecular weight is 227 g/mol. The molecule has 0 aromatic rings. The van der Waals surface area contributed by atoms with E-state index >= 15 is 0 Å². The number of carboxylic acid groups (broad SMARTS) is 1. The highest BCUT2D eigenvalue weighted by atomic mass is 16.4. The van der Waals surface area contributed by atoms with Crippen molar-refractivity contribution in [2.24, 2.45) is 16.5 Å². The van der Waals surface area contributed by atoms with Crippen LogP contribution < -0.4 is 11.5 Å². The fourth-order valence-electron chi connectivity index (χ4n) is 1.01. The molecule has 16 heavy (non-hydrogen) atoms. The normalized spacial score (nSPS) is 17.0. The highest BCUT2D eigenvalue weighted by Gasteiger charge is 2.26. The van der Waals surface area contributed by atoms with Crippen LogP contribution in [-0.2, 0) is 4.79 Å². The van der Waals surface area contributed by atoms with Crippen molar-refractivity contribution in [3.8, 4) is 0 Å². The number of amidine groups is 1. The van der Waals surface area contributed by atoms with Gasteiger partial charge in [-0.3, -0.25) is 9.79 Å². The van der Waals surface area contributed by atoms with Crippen LogP contribution in [0.2, 0.25) is 0 Å². The van der Waals surface area contributed by atoms with Crippen LogP contribution in [0.1, 0.15) is 33.6 Å². The van der Waals surface area contributed by atoms with Crippen LogP contribution in [0.3, 0.4) is 0 Å². The van der Waals surface area contributed by atoms with Gasteiger partial charge in [0.2, 0.25) is 0 Å². The molecular weight excluding hydrogens is 206 g/mol. The predicted molar refractivity (Wildman–Crippen MR) is 65.4 cm³/mol. The second-order valence-electron chi connectivity index (χ2n) is 4.26. The van der Waals surface area contributed by atoms with E-state index < -0.39 is 11.5 Å². The number of allylic oxidation sites excluding steroid dienone is 1. The van der Waals surface area contributed by atoms with Crippen molar-refractivity contribution < 1.29 is 9.90 Å². The summed E-state index contributed by atoms with van der Waals surface area (Å²) in [5.41, 5.74) is 10.9. The molecule has 5 heteroatoms. The van der Waals surface area contributed by atoms with Gasteiger partial charge < -0.3 is 16.6 Å². The Morgan fingerprint density at radius 2 is 2.06 bits per heavy atom. The molecule has 0 aliphatic rings. The minimum Gasteiger partial charge on any atom is -0.480 e. The van der Waals surface area contributed by atoms with Gasteiger partial charge >= 0.3 is 5.97 Å². The van der Waals surface area contributed by atoms with Gasteiger partial charge in [-0.25, -0.2) is 0 Å². The quantitative estimate of drug-likeness (QED) is 0.356. The Bertz CT molecular complexity index is 302. The van der Waals surface area contributed by atoms with Gasteiger partial charge in [0.25, 0.3) is 0 Å². The molecule has 92 valence electrons. The number of carbonyl (C=O) groups is 1. The molecule has 0 fully saturated rings. The van der Waals surface area contributed by atoms with E-state index in [2.05, 4.69) is 4.99 Å². The molecule has 0 rings (SSSR count). The summed E-state index contributed by atoms with van der Waals surface area (Å²) in [6.07, 6.45) is 2.99. The number of nitrogens with two attached hydrogens (primary N) is 2. The minimum absolute atomic E-state index is 0.413. The molecule has 0 amide bonds. The smallest absolute Gasteiger partial charge is 0.323 e. The van der Waals surface area contributed by atoms with Gasteiger partial charge in [-0.05, 0) is 33.6 Å². The van der Waals surface area contributed by atoms with Gasteiger partial charge in [-0.1, -0.05) is 11.6 Å². The lowest BCUT2D eigenvalue weighted by molar-refractivity contribution is -0.142. The molecule has 0 spiro atoms. The third-order valence-electron chi connectivity index (χ3n) is 2.31. The fourth-order valence-corrected chi connectivity index (χ4v) is 1.01. The molecule has 0 aliphatic carbocycles. The number of carboxylic acids is 1. The van der Waals surface area contributed by atoms with Crippen molar-refractivity contribution in [3.63, 3.8) is 0 Å². The van der Waals surface area contributed by atoms with Crippen molar-refractivity contribution in [2.45, 2.75) is 39.2 Å². The Hall–Kier alpha value is -1.36. The van der Waals surface area contributed by atoms with E-state index in [1.165, 1.54) is 6.92 Å². The first-order valence-corrected chi connectivity index (χ1v) is 5.20. The number of hydrogen-bond acceptors (Lipinski definition) is 3. The molecule has 0 heterocycles. The number of aliphatic imine (C=N–C) groups is 1. The molecule has 5 nitrogen and oxygen atoms in total. The lowest BCUT2D eigenvalue weighted by Gasteiger charge is -2.18. The van der Waals surface area contributed by atoms with Crippen molar-refractivity contribution >= 4 is 11.8 Å². The summed E-state index contributed by atoms with van der Waals surface area (Å²) in [5, 5.41) is 8.82. The van der Waals surface area contributed by atoms with E-state index in [4.69, 9.17) is 16.6 Å². The monoisotopic (exact) mass is 227 g/mol. The highest BCUT2D eigenvalue weighted by Crippen LogP contribution is 2.13. The van der Waals surface area contributed by atoms with Crippen molar-refractivity contribution in [1.29, 1.82) is 0 Å². The van der Waals surface area contributed by atoms with Crippen LogP contribution in [-0.4, -0.2) is 29.0 Å². The lowest BCUT2D eigenvalue weighted by Crippen LogP contribution is -2.44. The molecule has 0 unspecified atom stereocenters. The molecule has 0 bridgehead atoms. The largest absolute Gasteiger partial charge is 0.480 e. The molecule has 0 aliphatic heterocycles. The van der Waals surface area contributed by atoms with Gasteiger partial charge in [-0.2, -0.15) is 0 Å². The first-order chi connectivity index (χ1) is 7.25. The number of hydrogen-bond donors (Lipinski definition) is 3. The van der Waals surface area contributed by atoms with Crippen LogP contribution >= 0.6 is 0 Å². The zero-order valence-corrected chi connectivity index (χ0v) is 10.2. The first-order valence-electron chi connectivity index (χ1n) is 5.20. The number of nitrogens with zero attached hydrogens (tertiary/aromatic N) is 1. The van der Waals surface area contributed by atoms with Crippen LogP contribution in [0.15, 0.2) is 16.6 Å². The van der Waals surface area contributed by atoms with E-state index in [0.29, 0.717) is 25.2 Å². The standard InChI is InChI=1S/C11H21N3O2/c1-8(5-7-14-9(2)12)4-6-11(3,13)10(15)16/h5H,4,6-7,13H2,1-3H3,(H2,12,14)(H,15,16)/t11-/m0/s1. The third-order valence-corrected chi connectivity index (χ3v) is 2.31. The highest BCUT2D eigenvalue weighted by molar-refractivity contribution is 5.78. The third kappa shape index (κ3) is 6.19. The zero-order valence-electron chi connectivity index (χ0n) is 10.2. The molecule has 0 radical (unpaired) electrons. The summed E-state index contributed by atoms with van der Waals surface area (Å²) in [4.78, 5) is 14.8. The fraction of sp³-hybridized carbons (Fsp3) is 0.636. The average Bonchev–Trinajstić information content (AvgIpc) is 2.14. The number of aliphatic carboxylic acids is 1. The molecule has 1 atom stereocenters. The van der Waals surface area contributed by atoms with Crippen LogP contribution in [0.5, 0.6) is 0 Å². The zero-order chi connectivity index (χ0) is 12.8. The maximum Gasteiger partial charge on any atom is 0.323 e. The summed E-state index contributed by atoms with van der Waals surface area (Å²) in [7, 11) is 0. The Morgan fingerprint density at radius 3 is 2.50 bits per heavy atom. The molecule has 0 aromatic heterocycles. The molecule has 0 saturated carbocycles. The van der Waals surface area contributed by atoms with Gasteiger partial charge in [-0.15, -0.1) is 0 Å². The topological polar surface area (TPSA) is 102 Å². The molecule has 0 saturated heterocycles. The van der Waals surface area contributed by atoms with Crippen LogP contribution in [0, 0.1) is 0 Å². The maximum atomic E-state index is 10.8. The van der Waals surface area contributed by atoms with E-state index in [-0.39, 0.29) is 0 Å². The molecule has 5 N–H and O–H groups in total. The van der Waals surface area contributed by atoms with Crippen molar-refractivity contribution in [2.75, 3.05) is 6.54 Å². The Labute approximate surface area is 96.2 Å². The van der Waals surface area contributed by atoms with E-state index in [1.807, 2.05) is 13.0 Å². The second kappa shape index (κ2) is 6.27. The van der Waals surface area contributed by atoms with Gasteiger partial charge in [0.05, 0.1) is 12.4 Å². The Kier molecular flexibility index (Phi) is 5.74. The Morgan fingerprint density at radius 1 is 1.50 bits per heavy atom. The van der Waals surface area contributed by atoms with E-state index in [9.17, 15) is 4.79 Å². The minimum atomic E-state index is -1.16. The maximum absolute atomic E-state index is 10.8. The van der Waals surface area contributed by atoms with Crippen molar-refractivity contribution in [1.82, 2.24) is 0 Å². The van der Waals surface area contributed by atoms with E-state index in [1.54, 1.807) is 6.92 Å². The number of rotatable bonds is 6. The summed E-state index contributed by atoms with van der Waals surface area (Å²) in [5.74, 6) is -0.436.